The highest BCUT2D eigenvalue weighted by Gasteiger charge is 2.68. The van der Waals surface area contributed by atoms with Gasteiger partial charge in [0.1, 0.15) is 34.5 Å². The molecule has 4 heterocycles. The molecule has 3 unspecified atom stereocenters. The van der Waals surface area contributed by atoms with Crippen LogP contribution in [0.1, 0.15) is 22.5 Å². The minimum atomic E-state index is -1.05. The molecule has 1 aromatic heterocycles. The molecule has 30 heavy (non-hydrogen) atoms. The number of benzene rings is 1. The van der Waals surface area contributed by atoms with E-state index in [1.807, 2.05) is 30.3 Å². The molecule has 10 heteroatoms. The van der Waals surface area contributed by atoms with Crippen LogP contribution in [0.4, 0.5) is 0 Å². The summed E-state index contributed by atoms with van der Waals surface area (Å²) in [4.78, 5) is 39.1. The maximum absolute atomic E-state index is 13.1. The molecule has 2 aromatic rings. The van der Waals surface area contributed by atoms with Crippen molar-refractivity contribution in [2.75, 3.05) is 13.2 Å². The zero-order valence-electron chi connectivity index (χ0n) is 16.0. The van der Waals surface area contributed by atoms with E-state index in [1.54, 1.807) is 6.92 Å². The number of nitrogens with zero attached hydrogens (tertiary/aromatic N) is 2. The largest absolute Gasteiger partial charge is 0.480 e. The molecule has 3 fully saturated rings. The summed E-state index contributed by atoms with van der Waals surface area (Å²) >= 11 is 1.41. The summed E-state index contributed by atoms with van der Waals surface area (Å²) in [5.74, 6) is -1.57. The zero-order chi connectivity index (χ0) is 21.0. The van der Waals surface area contributed by atoms with Gasteiger partial charge in [0, 0.05) is 12.2 Å². The van der Waals surface area contributed by atoms with E-state index in [0.29, 0.717) is 24.5 Å². The van der Waals surface area contributed by atoms with Crippen molar-refractivity contribution in [1.82, 2.24) is 15.4 Å². The summed E-state index contributed by atoms with van der Waals surface area (Å²) in [6.07, 6.45) is 0.554. The first kappa shape index (κ1) is 19.1. The summed E-state index contributed by atoms with van der Waals surface area (Å²) in [5, 5.41) is 16.1. The van der Waals surface area contributed by atoms with Crippen LogP contribution in [0.2, 0.25) is 0 Å². The Labute approximate surface area is 175 Å². The van der Waals surface area contributed by atoms with Gasteiger partial charge in [0.15, 0.2) is 0 Å². The van der Waals surface area contributed by atoms with Gasteiger partial charge in [-0.25, -0.2) is 4.79 Å². The van der Waals surface area contributed by atoms with E-state index in [-0.39, 0.29) is 12.2 Å². The number of thioether (sulfide) groups is 1. The molecular formula is C20H19N3O6S. The molecule has 2 N–H and O–H groups in total. The number of rotatable bonds is 4. The van der Waals surface area contributed by atoms with Gasteiger partial charge in [-0.1, -0.05) is 35.5 Å². The number of hydrogen-bond donors (Lipinski definition) is 2. The molecule has 3 aliphatic rings. The molecule has 5 rings (SSSR count). The molecule has 156 valence electrons. The van der Waals surface area contributed by atoms with E-state index >= 15 is 0 Å². The van der Waals surface area contributed by atoms with Crippen LogP contribution in [0.5, 0.6) is 0 Å². The van der Waals surface area contributed by atoms with E-state index in [1.165, 1.54) is 16.7 Å². The number of aliphatic carboxylic acids is 1. The van der Waals surface area contributed by atoms with Crippen molar-refractivity contribution in [3.8, 4) is 11.3 Å². The van der Waals surface area contributed by atoms with Crippen molar-refractivity contribution in [2.24, 2.45) is 0 Å². The van der Waals surface area contributed by atoms with Gasteiger partial charge in [0.05, 0.1) is 11.4 Å². The van der Waals surface area contributed by atoms with Gasteiger partial charge in [-0.2, -0.15) is 0 Å². The van der Waals surface area contributed by atoms with Crippen molar-refractivity contribution < 1.29 is 28.8 Å². The van der Waals surface area contributed by atoms with E-state index in [4.69, 9.17) is 9.26 Å². The summed E-state index contributed by atoms with van der Waals surface area (Å²) < 4.78 is 10.0. The number of aromatic nitrogens is 1. The number of hydrogen-bond acceptors (Lipinski definition) is 7. The third-order valence-corrected chi connectivity index (χ3v) is 7.64. The molecule has 4 atom stereocenters. The average molecular weight is 429 g/mol. The van der Waals surface area contributed by atoms with Crippen molar-refractivity contribution in [1.29, 1.82) is 0 Å². The van der Waals surface area contributed by atoms with E-state index in [0.717, 1.165) is 5.56 Å². The standard InChI is InChI=1S/C20H19N3O6S/c1-10-12(13(22-29-10)11-5-3-2-4-6-11)16(24)21-14-17(25)23-15(19(26)27)20(30-18(14)23)7-8-28-9-20/h2-6,14-15,18H,7-9H2,1H3,(H,21,24)(H,26,27)/t14?,15?,18-,20?/m0/s1. The Kier molecular flexibility index (Phi) is 4.37. The molecule has 3 saturated heterocycles. The lowest BCUT2D eigenvalue weighted by molar-refractivity contribution is -0.160. The Morgan fingerprint density at radius 3 is 2.77 bits per heavy atom. The highest BCUT2D eigenvalue weighted by molar-refractivity contribution is 8.01. The Morgan fingerprint density at radius 1 is 1.33 bits per heavy atom. The van der Waals surface area contributed by atoms with E-state index in [2.05, 4.69) is 10.5 Å². The fourth-order valence-corrected chi connectivity index (χ4v) is 6.27. The van der Waals surface area contributed by atoms with Gasteiger partial charge in [-0.15, -0.1) is 11.8 Å². The van der Waals surface area contributed by atoms with Crippen LogP contribution in [0.3, 0.4) is 0 Å². The van der Waals surface area contributed by atoms with Crippen LogP contribution >= 0.6 is 11.8 Å². The average Bonchev–Trinajstić information content (AvgIpc) is 3.43. The molecule has 3 aliphatic heterocycles. The zero-order valence-corrected chi connectivity index (χ0v) is 16.8. The summed E-state index contributed by atoms with van der Waals surface area (Å²) in [6.45, 7) is 2.38. The fraction of sp³-hybridized carbons (Fsp3) is 0.400. The third-order valence-electron chi connectivity index (χ3n) is 5.89. The third kappa shape index (κ3) is 2.67. The number of ether oxygens (including phenoxy) is 1. The number of β-lactam (4-membered cyclic amide) rings is 1. The van der Waals surface area contributed by atoms with Crippen LogP contribution < -0.4 is 5.32 Å². The molecule has 2 amide bonds. The minimum absolute atomic E-state index is 0.268. The summed E-state index contributed by atoms with van der Waals surface area (Å²) in [7, 11) is 0. The minimum Gasteiger partial charge on any atom is -0.480 e. The monoisotopic (exact) mass is 429 g/mol. The second-order valence-electron chi connectivity index (χ2n) is 7.64. The Bertz CT molecular complexity index is 1030. The lowest BCUT2D eigenvalue weighted by atomic mass is 9.92. The first-order valence-electron chi connectivity index (χ1n) is 9.56. The first-order chi connectivity index (χ1) is 14.4. The number of carboxylic acids is 1. The fourth-order valence-electron chi connectivity index (χ4n) is 4.44. The van der Waals surface area contributed by atoms with Gasteiger partial charge in [-0.3, -0.25) is 9.59 Å². The molecule has 1 spiro atoms. The normalized spacial score (nSPS) is 29.7. The Balaban J connectivity index is 1.40. The molecule has 9 nitrogen and oxygen atoms in total. The summed E-state index contributed by atoms with van der Waals surface area (Å²) in [5.41, 5.74) is 1.39. The van der Waals surface area contributed by atoms with Crippen LogP contribution in [0, 0.1) is 6.92 Å². The second-order valence-corrected chi connectivity index (χ2v) is 9.17. The maximum Gasteiger partial charge on any atom is 0.328 e. The van der Waals surface area contributed by atoms with Crippen LogP contribution in [-0.4, -0.2) is 68.4 Å². The number of carbonyl (C=O) groups is 3. The molecule has 0 saturated carbocycles. The highest BCUT2D eigenvalue weighted by atomic mass is 32.2. The van der Waals surface area contributed by atoms with E-state index < -0.39 is 40.0 Å². The summed E-state index contributed by atoms with van der Waals surface area (Å²) in [6, 6.07) is 7.40. The SMILES string of the molecule is Cc1onc(-c2ccccc2)c1C(=O)NC1C(=O)N2C(C(=O)O)C3(CCOC3)S[C@@H]12. The predicted octanol–water partition coefficient (Wildman–Crippen LogP) is 1.28. The number of fused-ring (bicyclic) bond motifs is 1. The molecule has 0 aliphatic carbocycles. The molecular weight excluding hydrogens is 410 g/mol. The number of aryl methyl sites for hydroxylation is 1. The highest BCUT2D eigenvalue weighted by Crippen LogP contribution is 2.54. The number of carbonyl (C=O) groups excluding carboxylic acids is 2. The Hall–Kier alpha value is -2.85. The lowest BCUT2D eigenvalue weighted by Gasteiger charge is -2.43. The van der Waals surface area contributed by atoms with Crippen LogP contribution in [0.15, 0.2) is 34.9 Å². The predicted molar refractivity (Wildman–Crippen MR) is 106 cm³/mol. The van der Waals surface area contributed by atoms with Crippen LogP contribution in [-0.2, 0) is 14.3 Å². The molecule has 1 aromatic carbocycles. The quantitative estimate of drug-likeness (QED) is 0.697. The smallest absolute Gasteiger partial charge is 0.328 e. The van der Waals surface area contributed by atoms with Gasteiger partial charge >= 0.3 is 5.97 Å². The van der Waals surface area contributed by atoms with Gasteiger partial charge in [0.2, 0.25) is 5.91 Å². The Morgan fingerprint density at radius 2 is 2.10 bits per heavy atom. The van der Waals surface area contributed by atoms with Gasteiger partial charge < -0.3 is 24.6 Å². The number of carboxylic acid groups (broad SMARTS) is 1. The number of nitrogens with one attached hydrogen (secondary N) is 1. The lowest BCUT2D eigenvalue weighted by Crippen LogP contribution is -2.70. The van der Waals surface area contributed by atoms with Gasteiger partial charge in [-0.05, 0) is 13.3 Å². The topological polar surface area (TPSA) is 122 Å². The van der Waals surface area contributed by atoms with Crippen molar-refractivity contribution in [3.63, 3.8) is 0 Å². The maximum atomic E-state index is 13.1. The molecule has 0 bridgehead atoms. The van der Waals surface area contributed by atoms with Crippen molar-refractivity contribution >= 4 is 29.5 Å². The number of amides is 2. The van der Waals surface area contributed by atoms with Gasteiger partial charge in [0.25, 0.3) is 5.91 Å². The van der Waals surface area contributed by atoms with Crippen LogP contribution in [0.25, 0.3) is 11.3 Å². The second kappa shape index (κ2) is 6.85. The van der Waals surface area contributed by atoms with E-state index in [9.17, 15) is 19.5 Å². The van der Waals surface area contributed by atoms with Crippen molar-refractivity contribution in [3.05, 3.63) is 41.7 Å². The first-order valence-corrected chi connectivity index (χ1v) is 10.4. The van der Waals surface area contributed by atoms with Crippen molar-refractivity contribution in [2.45, 2.75) is 35.5 Å². The molecule has 0 radical (unpaired) electrons.